The monoisotopic (exact) mass is 353 g/mol. The Morgan fingerprint density at radius 2 is 2.26 bits per heavy atom. The van der Waals surface area contributed by atoms with Gasteiger partial charge in [-0.1, -0.05) is 11.3 Å². The van der Waals surface area contributed by atoms with Gasteiger partial charge in [-0.25, -0.2) is 4.98 Å². The van der Waals surface area contributed by atoms with Gasteiger partial charge in [-0.15, -0.1) is 0 Å². The minimum atomic E-state index is -4.38. The van der Waals surface area contributed by atoms with Crippen LogP contribution < -0.4 is 5.32 Å². The number of rotatable bonds is 3. The van der Waals surface area contributed by atoms with Crippen LogP contribution in [0.4, 0.5) is 18.3 Å². The van der Waals surface area contributed by atoms with E-state index < -0.39 is 18.6 Å². The maximum absolute atomic E-state index is 12.3. The molecule has 0 aliphatic rings. The summed E-state index contributed by atoms with van der Waals surface area (Å²) < 4.78 is 38.5. The molecule has 1 amide bonds. The molecule has 0 atom stereocenters. The number of aromatic nitrogens is 2. The predicted molar refractivity (Wildman–Crippen MR) is 68.3 cm³/mol. The topological polar surface area (TPSA) is 46.9 Å². The molecule has 4 nitrogen and oxygen atoms in total. The first-order valence-electron chi connectivity index (χ1n) is 5.00. The van der Waals surface area contributed by atoms with Crippen LogP contribution in [0, 0.1) is 0 Å². The van der Waals surface area contributed by atoms with Gasteiger partial charge >= 0.3 is 6.18 Å². The van der Waals surface area contributed by atoms with Crippen LogP contribution in [0.3, 0.4) is 0 Å². The van der Waals surface area contributed by atoms with Crippen molar-refractivity contribution in [2.24, 2.45) is 0 Å². The molecule has 0 aliphatic heterocycles. The van der Waals surface area contributed by atoms with Gasteiger partial charge in [0.2, 0.25) is 0 Å². The molecule has 0 spiro atoms. The largest absolute Gasteiger partial charge is 0.406 e. The van der Waals surface area contributed by atoms with Gasteiger partial charge in [-0.3, -0.25) is 10.1 Å². The molecular formula is C10H7BrF3N3OS. The molecule has 0 radical (unpaired) electrons. The Bertz CT molecular complexity index is 593. The van der Waals surface area contributed by atoms with Crippen molar-refractivity contribution < 1.29 is 18.0 Å². The van der Waals surface area contributed by atoms with Crippen LogP contribution in [-0.4, -0.2) is 21.6 Å². The number of carbonyl (C=O) groups excluding carboxylic acids is 1. The summed E-state index contributed by atoms with van der Waals surface area (Å²) in [6, 6.07) is 2.71. The van der Waals surface area contributed by atoms with Gasteiger partial charge in [0.1, 0.15) is 12.2 Å². The van der Waals surface area contributed by atoms with Crippen molar-refractivity contribution >= 4 is 38.3 Å². The number of hydrogen-bond donors (Lipinski definition) is 1. The lowest BCUT2D eigenvalue weighted by Gasteiger charge is -2.11. The fourth-order valence-corrected chi connectivity index (χ4v) is 2.53. The summed E-state index contributed by atoms with van der Waals surface area (Å²) in [5.41, 5.74) is -0.0661. The third-order valence-corrected chi connectivity index (χ3v) is 3.50. The first kappa shape index (κ1) is 14.1. The summed E-state index contributed by atoms with van der Waals surface area (Å²) in [5.74, 6) is -0.629. The molecule has 102 valence electrons. The molecule has 0 saturated carbocycles. The molecule has 2 heterocycles. The highest BCUT2D eigenvalue weighted by atomic mass is 79.9. The zero-order chi connectivity index (χ0) is 14.0. The number of thiazole rings is 1. The van der Waals surface area contributed by atoms with Crippen LogP contribution in [0.2, 0.25) is 0 Å². The summed E-state index contributed by atoms with van der Waals surface area (Å²) in [7, 11) is 0. The van der Waals surface area contributed by atoms with Gasteiger partial charge in [0.15, 0.2) is 5.13 Å². The van der Waals surface area contributed by atoms with Crippen molar-refractivity contribution in [3.8, 4) is 0 Å². The van der Waals surface area contributed by atoms with E-state index >= 15 is 0 Å². The Kier molecular flexibility index (Phi) is 3.95. The molecule has 2 aromatic heterocycles. The lowest BCUT2D eigenvalue weighted by molar-refractivity contribution is -0.140. The van der Waals surface area contributed by atoms with Crippen LogP contribution in [0.15, 0.2) is 28.3 Å². The number of amides is 1. The number of nitrogens with zero attached hydrogens (tertiary/aromatic N) is 2. The van der Waals surface area contributed by atoms with Crippen molar-refractivity contribution in [2.75, 3.05) is 5.32 Å². The maximum Gasteiger partial charge on any atom is 0.406 e. The van der Waals surface area contributed by atoms with Crippen molar-refractivity contribution in [3.63, 3.8) is 0 Å². The predicted octanol–water partition coefficient (Wildman–Crippen LogP) is 3.52. The first-order valence-corrected chi connectivity index (χ1v) is 6.61. The molecule has 0 aliphatic carbocycles. The summed E-state index contributed by atoms with van der Waals surface area (Å²) in [6.07, 6.45) is -1.67. The molecular weight excluding hydrogens is 347 g/mol. The average Bonchev–Trinajstić information content (AvgIpc) is 2.85. The van der Waals surface area contributed by atoms with Gasteiger partial charge in [0, 0.05) is 6.20 Å². The summed E-state index contributed by atoms with van der Waals surface area (Å²) in [6.45, 7) is -1.20. The van der Waals surface area contributed by atoms with Gasteiger partial charge in [0.05, 0.1) is 9.98 Å². The molecule has 0 saturated heterocycles. The smallest absolute Gasteiger partial charge is 0.334 e. The van der Waals surface area contributed by atoms with E-state index in [1.165, 1.54) is 35.9 Å². The third-order valence-electron chi connectivity index (χ3n) is 2.11. The van der Waals surface area contributed by atoms with Gasteiger partial charge in [0.25, 0.3) is 5.91 Å². The van der Waals surface area contributed by atoms with E-state index in [0.717, 1.165) is 4.57 Å². The van der Waals surface area contributed by atoms with Crippen molar-refractivity contribution in [3.05, 3.63) is 34.0 Å². The fraction of sp³-hybridized carbons (Fsp3) is 0.200. The van der Waals surface area contributed by atoms with E-state index in [-0.39, 0.29) is 5.69 Å². The Morgan fingerprint density at radius 3 is 2.84 bits per heavy atom. The SMILES string of the molecule is O=C(Nc1ncc(Br)s1)c1cccn1CC(F)(F)F. The second-order valence-corrected chi connectivity index (χ2v) is 5.97. The normalized spacial score (nSPS) is 11.6. The summed E-state index contributed by atoms with van der Waals surface area (Å²) >= 11 is 4.35. The average molecular weight is 354 g/mol. The fourth-order valence-electron chi connectivity index (χ4n) is 1.42. The Hall–Kier alpha value is -1.35. The maximum atomic E-state index is 12.3. The molecule has 9 heteroatoms. The van der Waals surface area contributed by atoms with Crippen LogP contribution in [-0.2, 0) is 6.54 Å². The summed E-state index contributed by atoms with van der Waals surface area (Å²) in [4.78, 5) is 15.7. The van der Waals surface area contributed by atoms with Crippen LogP contribution in [0.25, 0.3) is 0 Å². The molecule has 0 aromatic carbocycles. The van der Waals surface area contributed by atoms with Crippen LogP contribution in [0.5, 0.6) is 0 Å². The van der Waals surface area contributed by atoms with Crippen LogP contribution >= 0.6 is 27.3 Å². The number of alkyl halides is 3. The molecule has 1 N–H and O–H groups in total. The van der Waals surface area contributed by atoms with Crippen LogP contribution in [0.1, 0.15) is 10.5 Å². The minimum Gasteiger partial charge on any atom is -0.334 e. The summed E-state index contributed by atoms with van der Waals surface area (Å²) in [5, 5.41) is 2.76. The Balaban J connectivity index is 2.13. The number of anilines is 1. The van der Waals surface area contributed by atoms with Gasteiger partial charge in [-0.05, 0) is 28.1 Å². The molecule has 0 fully saturated rings. The number of nitrogens with one attached hydrogen (secondary N) is 1. The molecule has 2 rings (SSSR count). The quantitative estimate of drug-likeness (QED) is 0.917. The highest BCUT2D eigenvalue weighted by Gasteiger charge is 2.29. The number of hydrogen-bond acceptors (Lipinski definition) is 3. The van der Waals surface area contributed by atoms with E-state index in [1.54, 1.807) is 0 Å². The van der Waals surface area contributed by atoms with Crippen molar-refractivity contribution in [2.45, 2.75) is 12.7 Å². The highest BCUT2D eigenvalue weighted by Crippen LogP contribution is 2.24. The second-order valence-electron chi connectivity index (χ2n) is 3.56. The molecule has 19 heavy (non-hydrogen) atoms. The lowest BCUT2D eigenvalue weighted by Crippen LogP contribution is -2.23. The molecule has 0 bridgehead atoms. The van der Waals surface area contributed by atoms with Crippen molar-refractivity contribution in [1.82, 2.24) is 9.55 Å². The molecule has 0 unspecified atom stereocenters. The van der Waals surface area contributed by atoms with Gasteiger partial charge < -0.3 is 4.57 Å². The Morgan fingerprint density at radius 1 is 1.53 bits per heavy atom. The van der Waals surface area contributed by atoms with Gasteiger partial charge in [-0.2, -0.15) is 13.2 Å². The zero-order valence-corrected chi connectivity index (χ0v) is 11.6. The molecule has 2 aromatic rings. The zero-order valence-electron chi connectivity index (χ0n) is 9.24. The minimum absolute atomic E-state index is 0.0661. The van der Waals surface area contributed by atoms with Crippen molar-refractivity contribution in [1.29, 1.82) is 0 Å². The standard InChI is InChI=1S/C10H7BrF3N3OS/c11-7-4-15-9(19-7)16-8(18)6-2-1-3-17(6)5-10(12,13)14/h1-4H,5H2,(H,15,16,18). The van der Waals surface area contributed by atoms with E-state index in [2.05, 4.69) is 26.2 Å². The highest BCUT2D eigenvalue weighted by molar-refractivity contribution is 9.11. The Labute approximate surface area is 118 Å². The number of carbonyl (C=O) groups is 1. The third kappa shape index (κ3) is 3.80. The van der Waals surface area contributed by atoms with E-state index in [4.69, 9.17) is 0 Å². The lowest BCUT2D eigenvalue weighted by atomic mass is 10.4. The van der Waals surface area contributed by atoms with E-state index in [0.29, 0.717) is 8.92 Å². The first-order chi connectivity index (χ1) is 8.85. The van der Waals surface area contributed by atoms with E-state index in [1.807, 2.05) is 0 Å². The number of halogens is 4. The van der Waals surface area contributed by atoms with E-state index in [9.17, 15) is 18.0 Å². The second kappa shape index (κ2) is 5.33.